The molecule has 4 amide bonds. The van der Waals surface area contributed by atoms with Gasteiger partial charge in [0.2, 0.25) is 5.91 Å². The summed E-state index contributed by atoms with van der Waals surface area (Å²) in [6.45, 7) is 4.85. The van der Waals surface area contributed by atoms with Gasteiger partial charge >= 0.3 is 6.03 Å². The van der Waals surface area contributed by atoms with Crippen LogP contribution in [0.2, 0.25) is 0 Å². The number of hydrogen-bond acceptors (Lipinski definition) is 4. The van der Waals surface area contributed by atoms with Crippen LogP contribution >= 0.6 is 11.3 Å². The van der Waals surface area contributed by atoms with Crippen molar-refractivity contribution in [1.29, 1.82) is 0 Å². The molecule has 0 saturated carbocycles. The molecule has 2 fully saturated rings. The average molecular weight is 335 g/mol. The van der Waals surface area contributed by atoms with Crippen molar-refractivity contribution >= 4 is 29.2 Å². The monoisotopic (exact) mass is 335 g/mol. The van der Waals surface area contributed by atoms with E-state index < -0.39 is 6.04 Å². The molecule has 1 aromatic rings. The van der Waals surface area contributed by atoms with Gasteiger partial charge in [-0.05, 0) is 24.3 Å². The minimum absolute atomic E-state index is 0.104. The maximum absolute atomic E-state index is 12.8. The molecule has 0 aromatic carbocycles. The molecule has 0 bridgehead atoms. The number of urea groups is 1. The molecule has 3 heterocycles. The lowest BCUT2D eigenvalue weighted by Gasteiger charge is -2.43. The second-order valence-electron chi connectivity index (χ2n) is 5.99. The van der Waals surface area contributed by atoms with E-state index in [0.717, 1.165) is 4.88 Å². The molecule has 2 saturated heterocycles. The molecule has 0 aliphatic carbocycles. The zero-order valence-corrected chi connectivity index (χ0v) is 14.2. The number of fused-ring (bicyclic) bond motifs is 1. The first kappa shape index (κ1) is 16.0. The SMILES string of the molecule is CCCN1C(=O)[C@H]2[C@@H](CCN2C(C)=O)N(Cc2cccs2)C1=O. The van der Waals surface area contributed by atoms with Crippen LogP contribution < -0.4 is 0 Å². The number of likely N-dealkylation sites (tertiary alicyclic amines) is 1. The van der Waals surface area contributed by atoms with Crippen LogP contribution in [0.25, 0.3) is 0 Å². The van der Waals surface area contributed by atoms with Crippen LogP contribution in [-0.2, 0) is 16.1 Å². The van der Waals surface area contributed by atoms with Crippen LogP contribution in [0.1, 0.15) is 31.6 Å². The quantitative estimate of drug-likeness (QED) is 0.844. The third-order valence-electron chi connectivity index (χ3n) is 4.52. The predicted octanol–water partition coefficient (Wildman–Crippen LogP) is 1.91. The van der Waals surface area contributed by atoms with Gasteiger partial charge in [0, 0.05) is 24.9 Å². The molecule has 7 heteroatoms. The summed E-state index contributed by atoms with van der Waals surface area (Å²) in [7, 11) is 0. The van der Waals surface area contributed by atoms with E-state index in [1.807, 2.05) is 24.4 Å². The van der Waals surface area contributed by atoms with Crippen LogP contribution in [0.5, 0.6) is 0 Å². The summed E-state index contributed by atoms with van der Waals surface area (Å²) < 4.78 is 0. The van der Waals surface area contributed by atoms with Crippen LogP contribution in [-0.4, -0.2) is 57.7 Å². The van der Waals surface area contributed by atoms with E-state index in [1.165, 1.54) is 11.8 Å². The lowest BCUT2D eigenvalue weighted by molar-refractivity contribution is -0.145. The van der Waals surface area contributed by atoms with Gasteiger partial charge in [-0.2, -0.15) is 0 Å². The summed E-state index contributed by atoms with van der Waals surface area (Å²) in [5.41, 5.74) is 0. The maximum atomic E-state index is 12.8. The van der Waals surface area contributed by atoms with E-state index in [1.54, 1.807) is 21.1 Å². The molecule has 0 radical (unpaired) electrons. The largest absolute Gasteiger partial charge is 0.329 e. The third kappa shape index (κ3) is 2.73. The highest BCUT2D eigenvalue weighted by Gasteiger charge is 2.52. The Bertz CT molecular complexity index is 616. The fourth-order valence-corrected chi connectivity index (χ4v) is 4.19. The molecule has 0 N–H and O–H groups in total. The molecule has 2 aliphatic rings. The van der Waals surface area contributed by atoms with Crippen molar-refractivity contribution in [2.24, 2.45) is 0 Å². The Labute approximate surface area is 139 Å². The number of rotatable bonds is 4. The van der Waals surface area contributed by atoms with Crippen molar-refractivity contribution < 1.29 is 14.4 Å². The Morgan fingerprint density at radius 1 is 1.39 bits per heavy atom. The number of carbonyl (C=O) groups excluding carboxylic acids is 3. The molecule has 3 rings (SSSR count). The van der Waals surface area contributed by atoms with Gasteiger partial charge in [0.1, 0.15) is 6.04 Å². The molecule has 1 aromatic heterocycles. The van der Waals surface area contributed by atoms with Crippen molar-refractivity contribution in [2.45, 2.75) is 45.3 Å². The van der Waals surface area contributed by atoms with Crippen LogP contribution in [0.3, 0.4) is 0 Å². The second kappa shape index (κ2) is 6.31. The summed E-state index contributed by atoms with van der Waals surface area (Å²) in [6.07, 6.45) is 1.37. The summed E-state index contributed by atoms with van der Waals surface area (Å²) in [5, 5.41) is 1.98. The van der Waals surface area contributed by atoms with Gasteiger partial charge in [-0.3, -0.25) is 14.5 Å². The highest BCUT2D eigenvalue weighted by atomic mass is 32.1. The first-order valence-corrected chi connectivity index (χ1v) is 8.84. The van der Waals surface area contributed by atoms with Crippen molar-refractivity contribution in [3.8, 4) is 0 Å². The van der Waals surface area contributed by atoms with E-state index in [2.05, 4.69) is 0 Å². The van der Waals surface area contributed by atoms with Gasteiger partial charge < -0.3 is 9.80 Å². The molecule has 23 heavy (non-hydrogen) atoms. The molecule has 0 unspecified atom stereocenters. The third-order valence-corrected chi connectivity index (χ3v) is 5.38. The Hall–Kier alpha value is -1.89. The van der Waals surface area contributed by atoms with E-state index >= 15 is 0 Å². The normalized spacial score (nSPS) is 24.3. The van der Waals surface area contributed by atoms with Gasteiger partial charge in [-0.25, -0.2) is 4.79 Å². The summed E-state index contributed by atoms with van der Waals surface area (Å²) >= 11 is 1.60. The molecular formula is C16H21N3O3S. The highest BCUT2D eigenvalue weighted by Crippen LogP contribution is 2.32. The smallest absolute Gasteiger partial charge is 0.327 e. The maximum Gasteiger partial charge on any atom is 0.327 e. The Morgan fingerprint density at radius 3 is 2.78 bits per heavy atom. The first-order valence-electron chi connectivity index (χ1n) is 7.96. The second-order valence-corrected chi connectivity index (χ2v) is 7.03. The summed E-state index contributed by atoms with van der Waals surface area (Å²) in [5.74, 6) is -0.329. The zero-order chi connectivity index (χ0) is 16.6. The first-order chi connectivity index (χ1) is 11.0. The van der Waals surface area contributed by atoms with Gasteiger partial charge in [-0.15, -0.1) is 11.3 Å². The zero-order valence-electron chi connectivity index (χ0n) is 13.4. The van der Waals surface area contributed by atoms with Crippen LogP contribution in [0, 0.1) is 0 Å². The summed E-state index contributed by atoms with van der Waals surface area (Å²) in [6, 6.07) is 2.98. The van der Waals surface area contributed by atoms with Gasteiger partial charge in [0.25, 0.3) is 5.91 Å². The van der Waals surface area contributed by atoms with Gasteiger partial charge in [0.15, 0.2) is 0 Å². The van der Waals surface area contributed by atoms with Crippen molar-refractivity contribution in [3.63, 3.8) is 0 Å². The number of amides is 4. The standard InChI is InChI=1S/C16H21N3O3S/c1-3-7-18-15(21)14-13(6-8-17(14)11(2)20)19(16(18)22)10-12-5-4-9-23-12/h4-5,9,13-14H,3,6-8,10H2,1-2H3/t13-,14-/m1/s1. The Morgan fingerprint density at radius 2 is 2.17 bits per heavy atom. The topological polar surface area (TPSA) is 60.9 Å². The number of carbonyl (C=O) groups is 3. The van der Waals surface area contributed by atoms with Gasteiger partial charge in [-0.1, -0.05) is 13.0 Å². The molecular weight excluding hydrogens is 314 g/mol. The molecule has 6 nitrogen and oxygen atoms in total. The molecule has 2 aliphatic heterocycles. The molecule has 2 atom stereocenters. The fourth-order valence-electron chi connectivity index (χ4n) is 3.49. The average Bonchev–Trinajstić information content (AvgIpc) is 3.16. The minimum atomic E-state index is -0.531. The van der Waals surface area contributed by atoms with Crippen LogP contribution in [0.4, 0.5) is 4.79 Å². The van der Waals surface area contributed by atoms with E-state index in [9.17, 15) is 14.4 Å². The Balaban J connectivity index is 1.92. The lowest BCUT2D eigenvalue weighted by Crippen LogP contribution is -2.65. The number of nitrogens with zero attached hydrogens (tertiary/aromatic N) is 3. The van der Waals surface area contributed by atoms with Crippen molar-refractivity contribution in [2.75, 3.05) is 13.1 Å². The Kier molecular flexibility index (Phi) is 4.39. The predicted molar refractivity (Wildman–Crippen MR) is 86.8 cm³/mol. The van der Waals surface area contributed by atoms with Crippen molar-refractivity contribution in [3.05, 3.63) is 22.4 Å². The van der Waals surface area contributed by atoms with Gasteiger partial charge in [0.05, 0.1) is 12.6 Å². The number of hydrogen-bond donors (Lipinski definition) is 0. The van der Waals surface area contributed by atoms with E-state index in [4.69, 9.17) is 0 Å². The number of imide groups is 1. The van der Waals surface area contributed by atoms with E-state index in [0.29, 0.717) is 32.5 Å². The molecule has 0 spiro atoms. The number of thiophene rings is 1. The highest BCUT2D eigenvalue weighted by molar-refractivity contribution is 7.09. The fraction of sp³-hybridized carbons (Fsp3) is 0.562. The molecule has 124 valence electrons. The van der Waals surface area contributed by atoms with E-state index in [-0.39, 0.29) is 23.9 Å². The summed E-state index contributed by atoms with van der Waals surface area (Å²) in [4.78, 5) is 43.2. The lowest BCUT2D eigenvalue weighted by atomic mass is 10.0. The van der Waals surface area contributed by atoms with Crippen molar-refractivity contribution in [1.82, 2.24) is 14.7 Å². The van der Waals surface area contributed by atoms with Crippen LogP contribution in [0.15, 0.2) is 17.5 Å². The minimum Gasteiger partial charge on any atom is -0.329 e.